The van der Waals surface area contributed by atoms with E-state index in [1.54, 1.807) is 0 Å². The smallest absolute Gasteiger partial charge is 0.277 e. The molecule has 9 heteroatoms. The molecule has 0 radical (unpaired) electrons. The van der Waals surface area contributed by atoms with Crippen LogP contribution in [0.3, 0.4) is 0 Å². The van der Waals surface area contributed by atoms with Crippen molar-refractivity contribution in [2.45, 2.75) is 25.4 Å². The molecule has 0 atom stereocenters. The van der Waals surface area contributed by atoms with Gasteiger partial charge in [-0.3, -0.25) is 14.5 Å². The zero-order valence-corrected chi connectivity index (χ0v) is 16.7. The highest BCUT2D eigenvalue weighted by atomic mass is 19.1. The SMILES string of the molecule is O=C(NC1CCN(Cc2ccccc2)CC1)c1nnn2c1c(=O)[nH]c1cc(F)ccc12. The van der Waals surface area contributed by atoms with E-state index in [1.165, 1.54) is 28.3 Å². The zero-order chi connectivity index (χ0) is 21.4. The number of halogens is 1. The first-order chi connectivity index (χ1) is 15.1. The number of likely N-dealkylation sites (tertiary alicyclic amines) is 1. The summed E-state index contributed by atoms with van der Waals surface area (Å²) in [7, 11) is 0. The Morgan fingerprint density at radius 2 is 1.94 bits per heavy atom. The lowest BCUT2D eigenvalue weighted by molar-refractivity contribution is 0.0905. The molecule has 1 saturated heterocycles. The number of carbonyl (C=O) groups excluding carboxylic acids is 1. The van der Waals surface area contributed by atoms with Gasteiger partial charge in [0.25, 0.3) is 11.5 Å². The van der Waals surface area contributed by atoms with Crippen LogP contribution < -0.4 is 10.9 Å². The minimum absolute atomic E-state index is 0.00454. The van der Waals surface area contributed by atoms with E-state index < -0.39 is 17.3 Å². The third-order valence-electron chi connectivity index (χ3n) is 5.71. The van der Waals surface area contributed by atoms with Crippen LogP contribution in [-0.4, -0.2) is 49.7 Å². The molecule has 8 nitrogen and oxygen atoms in total. The molecular weight excluding hydrogens is 399 g/mol. The highest BCUT2D eigenvalue weighted by Crippen LogP contribution is 2.17. The summed E-state index contributed by atoms with van der Waals surface area (Å²) >= 11 is 0. The Bertz CT molecular complexity index is 1310. The predicted octanol–water partition coefficient (Wildman–Crippen LogP) is 2.10. The Kier molecular flexibility index (Phi) is 4.95. The molecule has 1 amide bonds. The van der Waals surface area contributed by atoms with E-state index in [1.807, 2.05) is 18.2 Å². The molecule has 0 saturated carbocycles. The molecule has 2 N–H and O–H groups in total. The first-order valence-electron chi connectivity index (χ1n) is 10.2. The molecular formula is C22H21FN6O2. The Balaban J connectivity index is 1.30. The second kappa shape index (κ2) is 7.92. The van der Waals surface area contributed by atoms with Crippen molar-refractivity contribution >= 4 is 22.5 Å². The van der Waals surface area contributed by atoms with Gasteiger partial charge < -0.3 is 10.3 Å². The van der Waals surface area contributed by atoms with Gasteiger partial charge in [0.05, 0.1) is 11.0 Å². The number of fused-ring (bicyclic) bond motifs is 3. The molecule has 1 fully saturated rings. The summed E-state index contributed by atoms with van der Waals surface area (Å²) in [6.07, 6.45) is 1.63. The summed E-state index contributed by atoms with van der Waals surface area (Å²) < 4.78 is 14.8. The normalized spacial score (nSPS) is 15.5. The van der Waals surface area contributed by atoms with E-state index in [4.69, 9.17) is 0 Å². The number of aromatic amines is 1. The largest absolute Gasteiger partial charge is 0.348 e. The number of benzene rings is 2. The lowest BCUT2D eigenvalue weighted by Crippen LogP contribution is -2.44. The Hall–Kier alpha value is -3.59. The molecule has 0 spiro atoms. The van der Waals surface area contributed by atoms with Crippen LogP contribution >= 0.6 is 0 Å². The van der Waals surface area contributed by atoms with E-state index in [-0.39, 0.29) is 17.3 Å². The van der Waals surface area contributed by atoms with Crippen LogP contribution in [0.25, 0.3) is 16.6 Å². The van der Waals surface area contributed by atoms with Crippen molar-refractivity contribution < 1.29 is 9.18 Å². The van der Waals surface area contributed by atoms with E-state index >= 15 is 0 Å². The number of nitrogens with zero attached hydrogens (tertiary/aromatic N) is 4. The fourth-order valence-corrected chi connectivity index (χ4v) is 4.11. The third kappa shape index (κ3) is 3.79. The number of amides is 1. The van der Waals surface area contributed by atoms with Gasteiger partial charge in [-0.2, -0.15) is 0 Å². The Morgan fingerprint density at radius 1 is 1.16 bits per heavy atom. The molecule has 0 bridgehead atoms. The van der Waals surface area contributed by atoms with Crippen molar-refractivity contribution in [2.24, 2.45) is 0 Å². The molecule has 0 unspecified atom stereocenters. The van der Waals surface area contributed by atoms with Crippen LogP contribution in [0.2, 0.25) is 0 Å². The van der Waals surface area contributed by atoms with Gasteiger partial charge in [-0.25, -0.2) is 8.91 Å². The van der Waals surface area contributed by atoms with Crippen LogP contribution in [0.1, 0.15) is 28.9 Å². The van der Waals surface area contributed by atoms with Crippen LogP contribution in [-0.2, 0) is 6.54 Å². The summed E-state index contributed by atoms with van der Waals surface area (Å²) in [5.74, 6) is -0.900. The van der Waals surface area contributed by atoms with Crippen molar-refractivity contribution in [3.8, 4) is 0 Å². The number of rotatable bonds is 4. The number of nitrogens with one attached hydrogen (secondary N) is 2. The van der Waals surface area contributed by atoms with Gasteiger partial charge in [0.2, 0.25) is 0 Å². The van der Waals surface area contributed by atoms with Crippen molar-refractivity contribution in [1.29, 1.82) is 0 Å². The second-order valence-corrected chi connectivity index (χ2v) is 7.82. The van der Waals surface area contributed by atoms with Gasteiger partial charge >= 0.3 is 0 Å². The molecule has 31 heavy (non-hydrogen) atoms. The zero-order valence-electron chi connectivity index (χ0n) is 16.7. The lowest BCUT2D eigenvalue weighted by atomic mass is 10.0. The molecule has 5 rings (SSSR count). The topological polar surface area (TPSA) is 95.4 Å². The molecule has 0 aliphatic carbocycles. The van der Waals surface area contributed by atoms with E-state index in [2.05, 4.69) is 37.6 Å². The molecule has 3 heterocycles. The van der Waals surface area contributed by atoms with Gasteiger partial charge in [0.1, 0.15) is 5.82 Å². The van der Waals surface area contributed by atoms with Crippen LogP contribution in [0.4, 0.5) is 4.39 Å². The number of aromatic nitrogens is 4. The number of H-pyrrole nitrogens is 1. The van der Waals surface area contributed by atoms with Crippen LogP contribution in [0, 0.1) is 5.82 Å². The van der Waals surface area contributed by atoms with Crippen molar-refractivity contribution in [1.82, 2.24) is 30.0 Å². The Morgan fingerprint density at radius 3 is 2.71 bits per heavy atom. The standard InChI is InChI=1S/C22H21FN6O2/c23-15-6-7-18-17(12-15)25-22(31)20-19(26-27-29(18)20)21(30)24-16-8-10-28(11-9-16)13-14-4-2-1-3-5-14/h1-7,12,16H,8-11,13H2,(H,24,30)(H,25,31). The fraction of sp³-hybridized carbons (Fsp3) is 0.273. The summed E-state index contributed by atoms with van der Waals surface area (Å²) in [6.45, 7) is 2.64. The minimum Gasteiger partial charge on any atom is -0.348 e. The highest BCUT2D eigenvalue weighted by molar-refractivity contribution is 5.99. The van der Waals surface area contributed by atoms with Gasteiger partial charge in [-0.15, -0.1) is 5.10 Å². The maximum Gasteiger partial charge on any atom is 0.277 e. The van der Waals surface area contributed by atoms with Crippen molar-refractivity contribution in [3.63, 3.8) is 0 Å². The summed E-state index contributed by atoms with van der Waals surface area (Å²) in [5.41, 5.74) is 1.52. The quantitative estimate of drug-likeness (QED) is 0.527. The van der Waals surface area contributed by atoms with E-state index in [0.29, 0.717) is 11.0 Å². The molecule has 2 aromatic carbocycles. The fourth-order valence-electron chi connectivity index (χ4n) is 4.11. The van der Waals surface area contributed by atoms with E-state index in [9.17, 15) is 14.0 Å². The maximum absolute atomic E-state index is 13.5. The third-order valence-corrected chi connectivity index (χ3v) is 5.71. The van der Waals surface area contributed by atoms with Crippen LogP contribution in [0.15, 0.2) is 53.3 Å². The average Bonchev–Trinajstić information content (AvgIpc) is 3.22. The highest BCUT2D eigenvalue weighted by Gasteiger charge is 2.25. The number of hydrogen-bond acceptors (Lipinski definition) is 5. The van der Waals surface area contributed by atoms with Gasteiger partial charge in [-0.05, 0) is 36.6 Å². The van der Waals surface area contributed by atoms with Gasteiger partial charge in [0, 0.05) is 25.7 Å². The first kappa shape index (κ1) is 19.4. The van der Waals surface area contributed by atoms with Crippen LogP contribution in [0.5, 0.6) is 0 Å². The summed E-state index contributed by atoms with van der Waals surface area (Å²) in [4.78, 5) is 30.4. The van der Waals surface area contributed by atoms with Crippen molar-refractivity contribution in [2.75, 3.05) is 13.1 Å². The van der Waals surface area contributed by atoms with Crippen molar-refractivity contribution in [3.05, 3.63) is 76.0 Å². The van der Waals surface area contributed by atoms with Gasteiger partial charge in [-0.1, -0.05) is 35.5 Å². The maximum atomic E-state index is 13.5. The number of piperidine rings is 1. The monoisotopic (exact) mass is 420 g/mol. The Labute approximate surface area is 176 Å². The summed E-state index contributed by atoms with van der Waals surface area (Å²) in [6, 6.07) is 14.3. The summed E-state index contributed by atoms with van der Waals surface area (Å²) in [5, 5.41) is 10.9. The lowest BCUT2D eigenvalue weighted by Gasteiger charge is -2.32. The molecule has 1 aliphatic heterocycles. The predicted molar refractivity (Wildman–Crippen MR) is 113 cm³/mol. The molecule has 4 aromatic rings. The minimum atomic E-state index is -0.536. The number of hydrogen-bond donors (Lipinski definition) is 2. The molecule has 2 aromatic heterocycles. The average molecular weight is 420 g/mol. The first-order valence-corrected chi connectivity index (χ1v) is 10.2. The number of carbonyl (C=O) groups is 1. The molecule has 158 valence electrons. The van der Waals surface area contributed by atoms with Gasteiger partial charge in [0.15, 0.2) is 11.2 Å². The van der Waals surface area contributed by atoms with E-state index in [0.717, 1.165) is 32.5 Å². The second-order valence-electron chi connectivity index (χ2n) is 7.82. The molecule has 1 aliphatic rings.